The van der Waals surface area contributed by atoms with Gasteiger partial charge in [-0.05, 0) is 30.4 Å². The minimum atomic E-state index is -4.28. The lowest BCUT2D eigenvalue weighted by molar-refractivity contribution is -0.174. The Morgan fingerprint density at radius 2 is 1.95 bits per heavy atom. The molecule has 0 aromatic heterocycles. The zero-order chi connectivity index (χ0) is 15.0. The van der Waals surface area contributed by atoms with Crippen LogP contribution in [0, 0.1) is 5.92 Å². The van der Waals surface area contributed by atoms with Gasteiger partial charge in [0, 0.05) is 12.5 Å². The summed E-state index contributed by atoms with van der Waals surface area (Å²) in [6, 6.07) is 7.53. The lowest BCUT2D eigenvalue weighted by Crippen LogP contribution is -2.19. The summed E-state index contributed by atoms with van der Waals surface area (Å²) >= 11 is 5.86. The Morgan fingerprint density at radius 3 is 2.55 bits per heavy atom. The smallest absolute Gasteiger partial charge is 0.411 e. The van der Waals surface area contributed by atoms with Crippen molar-refractivity contribution in [2.75, 3.05) is 26.2 Å². The number of halogens is 4. The normalized spacial score (nSPS) is 13.2. The van der Waals surface area contributed by atoms with Gasteiger partial charge in [-0.2, -0.15) is 13.2 Å². The molecule has 1 atom stereocenters. The molecule has 0 bridgehead atoms. The fraction of sp³-hybridized carbons (Fsp3) is 0.571. The van der Waals surface area contributed by atoms with Crippen LogP contribution >= 0.6 is 11.6 Å². The highest BCUT2D eigenvalue weighted by atomic mass is 35.5. The monoisotopic (exact) mass is 310 g/mol. The number of hydrogen-bond donors (Lipinski definition) is 0. The Labute approximate surface area is 121 Å². The van der Waals surface area contributed by atoms with Gasteiger partial charge in [0.25, 0.3) is 0 Å². The maximum atomic E-state index is 11.9. The molecule has 0 saturated carbocycles. The lowest BCUT2D eigenvalue weighted by atomic mass is 9.97. The summed E-state index contributed by atoms with van der Waals surface area (Å²) in [5, 5.41) is 0. The highest BCUT2D eigenvalue weighted by Gasteiger charge is 2.27. The number of methoxy groups -OCH3 is 1. The van der Waals surface area contributed by atoms with Gasteiger partial charge >= 0.3 is 6.18 Å². The molecule has 1 aromatic rings. The summed E-state index contributed by atoms with van der Waals surface area (Å²) in [4.78, 5) is 0. The first-order chi connectivity index (χ1) is 9.46. The van der Waals surface area contributed by atoms with E-state index in [4.69, 9.17) is 16.3 Å². The van der Waals surface area contributed by atoms with Gasteiger partial charge in [0.2, 0.25) is 0 Å². The molecular weight excluding hydrogens is 293 g/mol. The van der Waals surface area contributed by atoms with Crippen LogP contribution in [0.1, 0.15) is 12.0 Å². The second kappa shape index (κ2) is 8.37. The van der Waals surface area contributed by atoms with Gasteiger partial charge < -0.3 is 9.47 Å². The van der Waals surface area contributed by atoms with E-state index in [0.717, 1.165) is 11.3 Å². The van der Waals surface area contributed by atoms with E-state index in [9.17, 15) is 13.2 Å². The van der Waals surface area contributed by atoms with Crippen LogP contribution in [0.4, 0.5) is 13.2 Å². The molecule has 2 nitrogen and oxygen atoms in total. The molecule has 0 spiro atoms. The van der Waals surface area contributed by atoms with E-state index in [-0.39, 0.29) is 12.5 Å². The summed E-state index contributed by atoms with van der Waals surface area (Å²) in [5.74, 6) is 1.19. The van der Waals surface area contributed by atoms with Crippen molar-refractivity contribution in [2.45, 2.75) is 19.0 Å². The van der Waals surface area contributed by atoms with E-state index in [2.05, 4.69) is 4.74 Å². The van der Waals surface area contributed by atoms with Crippen molar-refractivity contribution in [1.29, 1.82) is 0 Å². The summed E-state index contributed by atoms with van der Waals surface area (Å²) < 4.78 is 45.7. The molecule has 0 saturated heterocycles. The van der Waals surface area contributed by atoms with Crippen molar-refractivity contribution in [1.82, 2.24) is 0 Å². The SMILES string of the molecule is COc1ccccc1CC(CCl)CCOCC(F)(F)F. The molecule has 0 aliphatic carbocycles. The van der Waals surface area contributed by atoms with Crippen LogP contribution in [0.5, 0.6) is 5.75 Å². The van der Waals surface area contributed by atoms with Gasteiger partial charge in [0.1, 0.15) is 12.4 Å². The van der Waals surface area contributed by atoms with Crippen molar-refractivity contribution in [3.8, 4) is 5.75 Å². The Balaban J connectivity index is 2.43. The van der Waals surface area contributed by atoms with Gasteiger partial charge in [-0.1, -0.05) is 18.2 Å². The molecule has 0 amide bonds. The Morgan fingerprint density at radius 1 is 1.25 bits per heavy atom. The first-order valence-corrected chi connectivity index (χ1v) is 6.82. The molecule has 1 rings (SSSR count). The predicted octanol–water partition coefficient (Wildman–Crippen LogP) is 4.06. The number of rotatable bonds is 8. The Kier molecular flexibility index (Phi) is 7.16. The molecule has 0 heterocycles. The largest absolute Gasteiger partial charge is 0.496 e. The van der Waals surface area contributed by atoms with Crippen LogP contribution in [0.2, 0.25) is 0 Å². The molecule has 0 aliphatic heterocycles. The lowest BCUT2D eigenvalue weighted by Gasteiger charge is -2.16. The standard InChI is InChI=1S/C14H18ClF3O2/c1-19-13-5-3-2-4-12(13)8-11(9-15)6-7-20-10-14(16,17)18/h2-5,11H,6-10H2,1H3. The predicted molar refractivity (Wildman–Crippen MR) is 72.4 cm³/mol. The second-order valence-corrected chi connectivity index (χ2v) is 4.80. The van der Waals surface area contributed by atoms with E-state index in [1.54, 1.807) is 7.11 Å². The van der Waals surface area contributed by atoms with E-state index >= 15 is 0 Å². The zero-order valence-electron chi connectivity index (χ0n) is 11.3. The number of hydrogen-bond acceptors (Lipinski definition) is 2. The molecule has 0 radical (unpaired) electrons. The molecule has 20 heavy (non-hydrogen) atoms. The van der Waals surface area contributed by atoms with E-state index < -0.39 is 12.8 Å². The van der Waals surface area contributed by atoms with Crippen molar-refractivity contribution in [3.63, 3.8) is 0 Å². The first-order valence-electron chi connectivity index (χ1n) is 6.28. The quantitative estimate of drug-likeness (QED) is 0.532. The second-order valence-electron chi connectivity index (χ2n) is 4.49. The third-order valence-corrected chi connectivity index (χ3v) is 3.29. The number of alkyl halides is 4. The van der Waals surface area contributed by atoms with E-state index in [1.165, 1.54) is 0 Å². The molecule has 114 valence electrons. The van der Waals surface area contributed by atoms with Crippen LogP contribution in [0.3, 0.4) is 0 Å². The number of para-hydroxylation sites is 1. The average Bonchev–Trinajstić information content (AvgIpc) is 2.41. The minimum Gasteiger partial charge on any atom is -0.496 e. The van der Waals surface area contributed by atoms with Crippen molar-refractivity contribution in [3.05, 3.63) is 29.8 Å². The van der Waals surface area contributed by atoms with Crippen LogP contribution in [0.15, 0.2) is 24.3 Å². The highest BCUT2D eigenvalue weighted by Crippen LogP contribution is 2.23. The average molecular weight is 311 g/mol. The van der Waals surface area contributed by atoms with Gasteiger partial charge in [-0.25, -0.2) is 0 Å². The minimum absolute atomic E-state index is 0.0477. The van der Waals surface area contributed by atoms with Crippen LogP contribution in [-0.4, -0.2) is 32.4 Å². The fourth-order valence-electron chi connectivity index (χ4n) is 1.85. The molecule has 0 aliphatic rings. The highest BCUT2D eigenvalue weighted by molar-refractivity contribution is 6.18. The maximum Gasteiger partial charge on any atom is 0.411 e. The summed E-state index contributed by atoms with van der Waals surface area (Å²) in [6.07, 6.45) is -3.14. The summed E-state index contributed by atoms with van der Waals surface area (Å²) in [7, 11) is 1.58. The van der Waals surface area contributed by atoms with Crippen molar-refractivity contribution < 1.29 is 22.6 Å². The van der Waals surface area contributed by atoms with Crippen molar-refractivity contribution >= 4 is 11.6 Å². The number of ether oxygens (including phenoxy) is 2. The molecular formula is C14H18ClF3O2. The van der Waals surface area contributed by atoms with E-state index in [0.29, 0.717) is 18.7 Å². The first kappa shape index (κ1) is 17.1. The summed E-state index contributed by atoms with van der Waals surface area (Å²) in [6.45, 7) is -1.16. The van der Waals surface area contributed by atoms with Crippen LogP contribution in [0.25, 0.3) is 0 Å². The molecule has 1 aromatic carbocycles. The molecule has 0 fully saturated rings. The Hall–Kier alpha value is -0.940. The third kappa shape index (κ3) is 6.48. The van der Waals surface area contributed by atoms with Gasteiger partial charge in [0.05, 0.1) is 7.11 Å². The van der Waals surface area contributed by atoms with Gasteiger partial charge in [-0.15, -0.1) is 11.6 Å². The van der Waals surface area contributed by atoms with Gasteiger partial charge in [0.15, 0.2) is 0 Å². The zero-order valence-corrected chi connectivity index (χ0v) is 12.0. The Bertz CT molecular complexity index is 396. The van der Waals surface area contributed by atoms with Crippen molar-refractivity contribution in [2.24, 2.45) is 5.92 Å². The molecule has 6 heteroatoms. The third-order valence-electron chi connectivity index (χ3n) is 2.86. The summed E-state index contributed by atoms with van der Waals surface area (Å²) in [5.41, 5.74) is 0.997. The van der Waals surface area contributed by atoms with E-state index in [1.807, 2.05) is 24.3 Å². The molecule has 1 unspecified atom stereocenters. The maximum absolute atomic E-state index is 11.9. The van der Waals surface area contributed by atoms with Crippen LogP contribution < -0.4 is 4.74 Å². The van der Waals surface area contributed by atoms with Gasteiger partial charge in [-0.3, -0.25) is 0 Å². The topological polar surface area (TPSA) is 18.5 Å². The van der Waals surface area contributed by atoms with Crippen LogP contribution in [-0.2, 0) is 11.2 Å². The fourth-order valence-corrected chi connectivity index (χ4v) is 2.12. The number of benzene rings is 1. The molecule has 0 N–H and O–H groups in total.